The molecule has 4 N–H and O–H groups in total. The van der Waals surface area contributed by atoms with Crippen LogP contribution in [0.3, 0.4) is 0 Å². The smallest absolute Gasteiger partial charge is 0.324 e. The van der Waals surface area contributed by atoms with Crippen molar-refractivity contribution in [2.45, 2.75) is 181 Å². The topological polar surface area (TPSA) is 144 Å². The zero-order valence-corrected chi connectivity index (χ0v) is 29.4. The predicted molar refractivity (Wildman–Crippen MR) is 181 cm³/mol. The number of aliphatic carboxylic acids is 1. The Hall–Kier alpha value is -1.45. The van der Waals surface area contributed by atoms with E-state index in [-0.39, 0.29) is 6.42 Å². The molecule has 260 valence electrons. The molecule has 0 heterocycles. The quantitative estimate of drug-likeness (QED) is 0.0304. The van der Waals surface area contributed by atoms with Crippen molar-refractivity contribution in [2.24, 2.45) is 17.6 Å². The van der Waals surface area contributed by atoms with Crippen LogP contribution in [0.5, 0.6) is 0 Å². The Labute approximate surface area is 270 Å². The van der Waals surface area contributed by atoms with Crippen LogP contribution < -0.4 is 5.73 Å². The molecule has 8 nitrogen and oxygen atoms in total. The first-order valence-electron chi connectivity index (χ1n) is 17.6. The van der Waals surface area contributed by atoms with Gasteiger partial charge in [0, 0.05) is 12.8 Å². The highest BCUT2D eigenvalue weighted by Crippen LogP contribution is 2.20. The van der Waals surface area contributed by atoms with Gasteiger partial charge in [-0.2, -0.15) is 8.42 Å². The molecule has 2 unspecified atom stereocenters. The lowest BCUT2D eigenvalue weighted by molar-refractivity contribution is -0.151. The van der Waals surface area contributed by atoms with E-state index in [1.54, 1.807) is 6.08 Å². The number of carbonyl (C=O) groups is 2. The molecule has 0 bridgehead atoms. The first kappa shape index (κ1) is 42.6. The number of unbranched alkanes of at least 4 members (excludes halogenated alkanes) is 16. The van der Waals surface area contributed by atoms with Crippen LogP contribution in [-0.4, -0.2) is 47.4 Å². The van der Waals surface area contributed by atoms with E-state index in [1.807, 2.05) is 6.08 Å². The number of esters is 1. The van der Waals surface area contributed by atoms with Crippen molar-refractivity contribution in [3.8, 4) is 0 Å². The summed E-state index contributed by atoms with van der Waals surface area (Å²) >= 11 is 0. The fraction of sp³-hybridized carbons (Fsp3) is 0.886. The molecule has 44 heavy (non-hydrogen) atoms. The van der Waals surface area contributed by atoms with E-state index >= 15 is 0 Å². The number of ether oxygens (including phenoxy) is 1. The lowest BCUT2D eigenvalue weighted by atomic mass is 9.94. The largest absolute Gasteiger partial charge is 0.480 e. The molecule has 0 saturated heterocycles. The van der Waals surface area contributed by atoms with Crippen molar-refractivity contribution in [1.29, 1.82) is 0 Å². The molecule has 0 aliphatic heterocycles. The van der Waals surface area contributed by atoms with Gasteiger partial charge in [0.15, 0.2) is 0 Å². The lowest BCUT2D eigenvalue weighted by Crippen LogP contribution is -2.55. The average Bonchev–Trinajstić information content (AvgIpc) is 2.90. The molecular weight excluding hydrogens is 578 g/mol. The van der Waals surface area contributed by atoms with Gasteiger partial charge in [0.1, 0.15) is 17.4 Å². The number of carbonyl (C=O) groups excluding carboxylic acids is 1. The molecule has 0 spiro atoms. The Balaban J connectivity index is 4.59. The Morgan fingerprint density at radius 3 is 1.55 bits per heavy atom. The van der Waals surface area contributed by atoms with E-state index in [0.717, 1.165) is 56.8 Å². The third-order valence-electron chi connectivity index (χ3n) is 8.13. The minimum Gasteiger partial charge on any atom is -0.480 e. The molecule has 0 amide bonds. The summed E-state index contributed by atoms with van der Waals surface area (Å²) in [5.41, 5.74) is 3.62. The average molecular weight is 646 g/mol. The summed E-state index contributed by atoms with van der Waals surface area (Å²) in [4.78, 5) is 24.4. The van der Waals surface area contributed by atoms with Gasteiger partial charge in [-0.05, 0) is 37.2 Å². The summed E-state index contributed by atoms with van der Waals surface area (Å²) in [7, 11) is -4.66. The van der Waals surface area contributed by atoms with Crippen molar-refractivity contribution >= 4 is 22.1 Å². The highest BCUT2D eigenvalue weighted by atomic mass is 32.2. The highest BCUT2D eigenvalue weighted by molar-refractivity contribution is 7.85. The first-order valence-corrected chi connectivity index (χ1v) is 19.2. The molecule has 0 radical (unpaired) electrons. The summed E-state index contributed by atoms with van der Waals surface area (Å²) in [5, 5.41) is 9.62. The number of carboxylic acids is 1. The van der Waals surface area contributed by atoms with Crippen LogP contribution in [0.2, 0.25) is 0 Å². The third kappa shape index (κ3) is 26.9. The minimum absolute atomic E-state index is 0.208. The molecule has 0 aromatic heterocycles. The lowest BCUT2D eigenvalue weighted by Gasteiger charge is -2.27. The zero-order chi connectivity index (χ0) is 33.3. The molecule has 0 saturated carbocycles. The maximum Gasteiger partial charge on any atom is 0.324 e. The molecule has 0 aromatic rings. The zero-order valence-electron chi connectivity index (χ0n) is 28.6. The Bertz CT molecular complexity index is 872. The van der Waals surface area contributed by atoms with Gasteiger partial charge in [0.2, 0.25) is 0 Å². The summed E-state index contributed by atoms with van der Waals surface area (Å²) in [5.74, 6) is -1.64. The van der Waals surface area contributed by atoms with Crippen LogP contribution >= 0.6 is 0 Å². The van der Waals surface area contributed by atoms with E-state index < -0.39 is 45.9 Å². The van der Waals surface area contributed by atoms with Crippen molar-refractivity contribution in [2.75, 3.05) is 5.75 Å². The Morgan fingerprint density at radius 2 is 1.14 bits per heavy atom. The van der Waals surface area contributed by atoms with Gasteiger partial charge < -0.3 is 15.6 Å². The van der Waals surface area contributed by atoms with Crippen LogP contribution in [0.4, 0.5) is 0 Å². The first-order chi connectivity index (χ1) is 20.7. The van der Waals surface area contributed by atoms with Crippen LogP contribution in [-0.2, 0) is 24.4 Å². The van der Waals surface area contributed by atoms with Gasteiger partial charge >= 0.3 is 11.9 Å². The van der Waals surface area contributed by atoms with Crippen LogP contribution in [0.25, 0.3) is 0 Å². The van der Waals surface area contributed by atoms with Gasteiger partial charge in [-0.1, -0.05) is 143 Å². The second-order valence-corrected chi connectivity index (χ2v) is 15.2. The summed E-state index contributed by atoms with van der Waals surface area (Å²) in [6, 6.07) is 0. The number of hydrogen-bond acceptors (Lipinski definition) is 6. The van der Waals surface area contributed by atoms with Gasteiger partial charge in [-0.25, -0.2) is 0 Å². The molecule has 0 aliphatic carbocycles. The number of hydrogen-bond donors (Lipinski definition) is 3. The summed E-state index contributed by atoms with van der Waals surface area (Å²) in [6.07, 6.45) is 25.3. The SMILES string of the molecule is CC(C)CCCCCCCCCCC=CC(CC(N)(CS(=O)(=O)O)C(=O)O)OC(=O)CCCCCCCCCCCC(C)C. The van der Waals surface area contributed by atoms with Crippen molar-refractivity contribution in [3.63, 3.8) is 0 Å². The van der Waals surface area contributed by atoms with Crippen LogP contribution in [0.1, 0.15) is 169 Å². The molecule has 0 aliphatic rings. The Morgan fingerprint density at radius 1 is 0.727 bits per heavy atom. The van der Waals surface area contributed by atoms with E-state index in [1.165, 1.54) is 77.0 Å². The number of carboxylic acid groups (broad SMARTS) is 1. The second-order valence-electron chi connectivity index (χ2n) is 13.8. The molecule has 0 rings (SSSR count). The van der Waals surface area contributed by atoms with E-state index in [9.17, 15) is 27.7 Å². The number of allylic oxidation sites excluding steroid dienone is 1. The Kier molecular flexibility index (Phi) is 24.9. The van der Waals surface area contributed by atoms with Crippen molar-refractivity contribution < 1.29 is 32.4 Å². The molecule has 9 heteroatoms. The number of rotatable bonds is 30. The van der Waals surface area contributed by atoms with E-state index in [4.69, 9.17) is 10.5 Å². The fourth-order valence-corrected chi connectivity index (χ4v) is 6.34. The standard InChI is InChI=1S/C35H67NO7S/c1-30(2)24-20-16-12-8-5-6-10-14-18-22-26-32(28-35(36,34(38)39)29-44(40,41)42)43-33(37)27-23-19-15-11-7-9-13-17-21-25-31(3)4/h22,26,30-32H,5-21,23-25,27-29,36H2,1-4H3,(H,38,39)(H,40,41,42). The fourth-order valence-electron chi connectivity index (χ4n) is 5.45. The number of nitrogens with two attached hydrogens (primary N) is 1. The highest BCUT2D eigenvalue weighted by Gasteiger charge is 2.41. The predicted octanol–water partition coefficient (Wildman–Crippen LogP) is 9.02. The molecule has 0 aromatic carbocycles. The van der Waals surface area contributed by atoms with Crippen LogP contribution in [0, 0.1) is 11.8 Å². The summed E-state index contributed by atoms with van der Waals surface area (Å²) < 4.78 is 37.8. The van der Waals surface area contributed by atoms with Gasteiger partial charge in [-0.3, -0.25) is 14.1 Å². The van der Waals surface area contributed by atoms with Crippen molar-refractivity contribution in [1.82, 2.24) is 0 Å². The van der Waals surface area contributed by atoms with Gasteiger partial charge in [-0.15, -0.1) is 0 Å². The second kappa shape index (κ2) is 25.7. The van der Waals surface area contributed by atoms with Crippen LogP contribution in [0.15, 0.2) is 12.2 Å². The monoisotopic (exact) mass is 645 g/mol. The molecule has 0 fully saturated rings. The normalized spacial score (nSPS) is 14.4. The van der Waals surface area contributed by atoms with E-state index in [2.05, 4.69) is 27.7 Å². The molecule has 2 atom stereocenters. The maximum absolute atomic E-state index is 12.6. The summed E-state index contributed by atoms with van der Waals surface area (Å²) in [6.45, 7) is 9.05. The molecular formula is C35H67NO7S. The maximum atomic E-state index is 12.6. The van der Waals surface area contributed by atoms with E-state index in [0.29, 0.717) is 6.42 Å². The minimum atomic E-state index is -4.66. The van der Waals surface area contributed by atoms with Crippen molar-refractivity contribution in [3.05, 3.63) is 12.2 Å². The van der Waals surface area contributed by atoms with Gasteiger partial charge in [0.05, 0.1) is 0 Å². The van der Waals surface area contributed by atoms with Gasteiger partial charge in [0.25, 0.3) is 10.1 Å². The third-order valence-corrected chi connectivity index (χ3v) is 9.01.